The minimum Gasteiger partial charge on any atom is -0.394 e. The van der Waals surface area contributed by atoms with Crippen molar-refractivity contribution in [2.45, 2.75) is 80.7 Å². The van der Waals surface area contributed by atoms with E-state index in [-0.39, 0.29) is 28.3 Å². The summed E-state index contributed by atoms with van der Waals surface area (Å²) in [6.07, 6.45) is -1.68. The van der Waals surface area contributed by atoms with E-state index in [0.717, 1.165) is 0 Å². The topological polar surface area (TPSA) is 225 Å². The van der Waals surface area contributed by atoms with Crippen molar-refractivity contribution in [3.63, 3.8) is 0 Å². The lowest BCUT2D eigenvalue weighted by Gasteiger charge is -2.26. The summed E-state index contributed by atoms with van der Waals surface area (Å²) >= 11 is 0.511. The minimum absolute atomic E-state index is 0.158. The standard InChI is InChI=1S/C33H34F2N9O9PS/c34-24-28(46)23-12-50-54(49,55-13-18-7-5-6-10-21(18)44(47)48)53-29-22(11-45)51-33(25(29)35)43-17-41-27-20(37-15-39-31(27)43)9-4-2-1-3-8-19-26-30(38-14-36-19)42(16-40-26)32(24)52-23/h1-2,5-7,10,14-17,22-25,28-29,32-33,45-46H,3-4,8-9,11-13H2/b2-1+/t22-,23-,24-,25-,28-,29-,32-,33-,54?/m1/s1. The van der Waals surface area contributed by atoms with E-state index in [1.54, 1.807) is 6.07 Å². The van der Waals surface area contributed by atoms with Gasteiger partial charge in [-0.1, -0.05) is 30.4 Å². The van der Waals surface area contributed by atoms with E-state index in [0.29, 0.717) is 59.5 Å². The van der Waals surface area contributed by atoms with E-state index in [1.807, 2.05) is 12.2 Å². The van der Waals surface area contributed by atoms with Crippen LogP contribution in [0.15, 0.2) is 61.7 Å². The largest absolute Gasteiger partial charge is 0.394 e. The fraction of sp³-hybridized carbons (Fsp3) is 0.455. The zero-order chi connectivity index (χ0) is 38.3. The first-order valence-corrected chi connectivity index (χ1v) is 20.4. The summed E-state index contributed by atoms with van der Waals surface area (Å²) in [4.78, 5) is 37.3. The van der Waals surface area contributed by atoms with Crippen LogP contribution in [0.1, 0.15) is 42.2 Å². The molecular formula is C33H34F2N9O9PS. The van der Waals surface area contributed by atoms with Gasteiger partial charge in [0.15, 0.2) is 36.1 Å². The van der Waals surface area contributed by atoms with Crippen molar-refractivity contribution >= 4 is 46.2 Å². The number of nitro benzene ring substituents is 1. The summed E-state index contributed by atoms with van der Waals surface area (Å²) in [5.74, 6) is -0.293. The number of aliphatic hydroxyl groups excluding tert-OH is 2. The highest BCUT2D eigenvalue weighted by atomic mass is 32.7. The quantitative estimate of drug-likeness (QED) is 0.110. The number of para-hydroxylation sites is 1. The zero-order valence-corrected chi connectivity index (χ0v) is 30.4. The molecule has 9 atom stereocenters. The Balaban J connectivity index is 1.15. The number of aryl methyl sites for hydroxylation is 2. The van der Waals surface area contributed by atoms with Crippen LogP contribution in [0.2, 0.25) is 0 Å². The zero-order valence-electron chi connectivity index (χ0n) is 28.7. The summed E-state index contributed by atoms with van der Waals surface area (Å²) < 4.78 is 73.1. The third kappa shape index (κ3) is 7.26. The number of hydrogen-bond donors (Lipinski definition) is 2. The van der Waals surface area contributed by atoms with Crippen molar-refractivity contribution in [1.29, 1.82) is 0 Å². The predicted octanol–water partition coefficient (Wildman–Crippen LogP) is 4.28. The van der Waals surface area contributed by atoms with Gasteiger partial charge in [0.2, 0.25) is 0 Å². The number of imidazole rings is 2. The Morgan fingerprint density at radius 3 is 2.15 bits per heavy atom. The molecule has 290 valence electrons. The Labute approximate surface area is 314 Å². The third-order valence-electron chi connectivity index (χ3n) is 9.63. The average Bonchev–Trinajstić information content (AvgIpc) is 3.96. The molecule has 0 radical (unpaired) electrons. The van der Waals surface area contributed by atoms with Crippen LogP contribution < -0.4 is 0 Å². The van der Waals surface area contributed by atoms with E-state index < -0.39 is 74.1 Å². The second-order valence-electron chi connectivity index (χ2n) is 13.0. The van der Waals surface area contributed by atoms with Crippen LogP contribution in [0.5, 0.6) is 0 Å². The number of rotatable bonds is 5. The van der Waals surface area contributed by atoms with Gasteiger partial charge in [-0.05, 0) is 37.1 Å². The first-order valence-electron chi connectivity index (χ1n) is 17.3. The summed E-state index contributed by atoms with van der Waals surface area (Å²) in [5, 5.41) is 33.0. The molecule has 0 spiro atoms. The van der Waals surface area contributed by atoms with Gasteiger partial charge in [-0.2, -0.15) is 0 Å². The lowest BCUT2D eigenvalue weighted by atomic mass is 10.1. The van der Waals surface area contributed by atoms with Gasteiger partial charge in [0, 0.05) is 17.4 Å². The molecule has 5 aromatic rings. The smallest absolute Gasteiger partial charge is 0.390 e. The van der Waals surface area contributed by atoms with Gasteiger partial charge < -0.3 is 19.7 Å². The Kier molecular flexibility index (Phi) is 10.7. The molecule has 12 bridgehead atoms. The first kappa shape index (κ1) is 37.6. The summed E-state index contributed by atoms with van der Waals surface area (Å²) in [6.45, 7) is -6.07. The summed E-state index contributed by atoms with van der Waals surface area (Å²) in [6, 6.07) is 5.73. The molecular weight excluding hydrogens is 767 g/mol. The number of aliphatic hydroxyl groups is 2. The molecule has 0 saturated carbocycles. The van der Waals surface area contributed by atoms with Gasteiger partial charge in [0.1, 0.15) is 48.1 Å². The van der Waals surface area contributed by atoms with E-state index in [2.05, 4.69) is 29.9 Å². The van der Waals surface area contributed by atoms with Crippen molar-refractivity contribution in [3.05, 3.63) is 88.8 Å². The van der Waals surface area contributed by atoms with Crippen LogP contribution in [0, 0.1) is 10.1 Å². The fourth-order valence-corrected chi connectivity index (χ4v) is 10.2. The molecule has 2 saturated heterocycles. The van der Waals surface area contributed by atoms with Crippen molar-refractivity contribution in [2.75, 3.05) is 13.2 Å². The number of benzene rings is 1. The molecule has 2 fully saturated rings. The monoisotopic (exact) mass is 801 g/mol. The number of ether oxygens (including phenoxy) is 2. The van der Waals surface area contributed by atoms with E-state index in [9.17, 15) is 24.9 Å². The van der Waals surface area contributed by atoms with Gasteiger partial charge in [0.25, 0.3) is 5.69 Å². The molecule has 2 N–H and O–H groups in total. The van der Waals surface area contributed by atoms with Crippen LogP contribution in [0.25, 0.3) is 22.3 Å². The van der Waals surface area contributed by atoms with Gasteiger partial charge in [-0.15, -0.1) is 0 Å². The number of hydrogen-bond acceptors (Lipinski definition) is 16. The van der Waals surface area contributed by atoms with Crippen molar-refractivity contribution < 1.29 is 47.0 Å². The highest BCUT2D eigenvalue weighted by molar-refractivity contribution is 8.54. The maximum Gasteiger partial charge on any atom is 0.390 e. The molecule has 55 heavy (non-hydrogen) atoms. The summed E-state index contributed by atoms with van der Waals surface area (Å²) in [7, 11) is 0. The molecule has 4 aromatic heterocycles. The second-order valence-corrected chi connectivity index (χ2v) is 17.0. The molecule has 22 heteroatoms. The van der Waals surface area contributed by atoms with Gasteiger partial charge in [0.05, 0.1) is 42.2 Å². The minimum atomic E-state index is -4.61. The molecule has 18 nitrogen and oxygen atoms in total. The van der Waals surface area contributed by atoms with E-state index >= 15 is 8.78 Å². The number of nitrogens with zero attached hydrogens (tertiary/aromatic N) is 9. The number of aromatic nitrogens is 8. The molecule has 8 rings (SSSR count). The van der Waals surface area contributed by atoms with Gasteiger partial charge in [-0.25, -0.2) is 43.2 Å². The molecule has 0 aliphatic carbocycles. The lowest BCUT2D eigenvalue weighted by molar-refractivity contribution is -0.385. The summed E-state index contributed by atoms with van der Waals surface area (Å²) in [5.41, 5.74) is 2.49. The molecule has 3 aliphatic rings. The van der Waals surface area contributed by atoms with Crippen LogP contribution >= 0.6 is 18.2 Å². The Morgan fingerprint density at radius 1 is 0.909 bits per heavy atom. The molecule has 1 unspecified atom stereocenters. The third-order valence-corrected chi connectivity index (χ3v) is 13.3. The van der Waals surface area contributed by atoms with E-state index in [1.165, 1.54) is 52.6 Å². The Bertz CT molecular complexity index is 2280. The molecule has 1 aromatic carbocycles. The van der Waals surface area contributed by atoms with Crippen LogP contribution in [-0.4, -0.2) is 104 Å². The predicted molar refractivity (Wildman–Crippen MR) is 190 cm³/mol. The number of nitro groups is 1. The molecule has 3 aliphatic heterocycles. The Hall–Kier alpha value is -4.34. The Morgan fingerprint density at radius 2 is 1.53 bits per heavy atom. The van der Waals surface area contributed by atoms with Crippen LogP contribution in [0.3, 0.4) is 0 Å². The fourth-order valence-electron chi connectivity index (χ4n) is 6.84. The molecule has 0 amide bonds. The van der Waals surface area contributed by atoms with Crippen LogP contribution in [-0.2, 0) is 41.7 Å². The normalized spacial score (nSPS) is 30.9. The average molecular weight is 802 g/mol. The molecule has 7 heterocycles. The van der Waals surface area contributed by atoms with Crippen molar-refractivity contribution in [3.8, 4) is 0 Å². The SMILES string of the molecule is O=[N+]([O-])c1ccccc1CSP1(=O)OC[C@H]2O[C@H]([C@H](F)[C@@H]2O)n2cnc3c(ncnc32)CC/C=C/CCc2ncnc3c2ncn3[C@@H]2O[C@H](CO)[C@@H](O1)[C@H]2F. The first-order chi connectivity index (χ1) is 26.7. The number of allylic oxidation sites excluding steroid dienone is 2. The highest BCUT2D eigenvalue weighted by Crippen LogP contribution is 2.64. The lowest BCUT2D eigenvalue weighted by Crippen LogP contribution is -2.34. The number of alkyl halides is 2. The maximum absolute atomic E-state index is 16.6. The van der Waals surface area contributed by atoms with Crippen molar-refractivity contribution in [2.24, 2.45) is 0 Å². The van der Waals surface area contributed by atoms with Crippen LogP contribution in [0.4, 0.5) is 14.5 Å². The highest BCUT2D eigenvalue weighted by Gasteiger charge is 2.52. The second kappa shape index (κ2) is 15.7. The number of fused-ring (bicyclic) bond motifs is 6. The van der Waals surface area contributed by atoms with Crippen molar-refractivity contribution in [1.82, 2.24) is 39.0 Å². The van der Waals surface area contributed by atoms with E-state index in [4.69, 9.17) is 18.5 Å². The van der Waals surface area contributed by atoms with Gasteiger partial charge >= 0.3 is 6.80 Å². The van der Waals surface area contributed by atoms with Gasteiger partial charge in [-0.3, -0.25) is 28.3 Å². The number of halogens is 2. The maximum atomic E-state index is 16.6.